The van der Waals surface area contributed by atoms with Crippen LogP contribution in [0.4, 0.5) is 15.9 Å². The number of piperazine rings is 1. The van der Waals surface area contributed by atoms with Crippen molar-refractivity contribution in [2.24, 2.45) is 0 Å². The number of rotatable bonds is 4. The molecule has 29 heavy (non-hydrogen) atoms. The number of morpholine rings is 1. The van der Waals surface area contributed by atoms with E-state index in [0.29, 0.717) is 39.4 Å². The SMILES string of the molecule is O=S(=O)(c1ccc(F)c(Cl)c1)N1CCN(c2cnnc(N3CCOCC3)c2)CC1. The molecule has 2 saturated heterocycles. The summed E-state index contributed by atoms with van der Waals surface area (Å²) in [5, 5.41) is 8.12. The fourth-order valence-electron chi connectivity index (χ4n) is 3.44. The highest BCUT2D eigenvalue weighted by Crippen LogP contribution is 2.25. The van der Waals surface area contributed by atoms with Gasteiger partial charge in [-0.3, -0.25) is 0 Å². The van der Waals surface area contributed by atoms with Crippen molar-refractivity contribution in [3.63, 3.8) is 0 Å². The van der Waals surface area contributed by atoms with Gasteiger partial charge in [-0.1, -0.05) is 11.6 Å². The normalized spacial score (nSPS) is 18.8. The van der Waals surface area contributed by atoms with Gasteiger partial charge in [0.15, 0.2) is 5.82 Å². The maximum absolute atomic E-state index is 13.4. The van der Waals surface area contributed by atoms with E-state index in [0.717, 1.165) is 36.7 Å². The topological polar surface area (TPSA) is 78.9 Å². The standard InChI is InChI=1S/C18H21ClFN5O3S/c19-16-12-15(1-2-17(16)20)29(26,27)25-5-3-23(4-6-25)14-11-18(22-21-13-14)24-7-9-28-10-8-24/h1-2,11-13H,3-10H2. The van der Waals surface area contributed by atoms with Crippen LogP contribution in [0.15, 0.2) is 35.4 Å². The van der Waals surface area contributed by atoms with Crippen molar-refractivity contribution in [1.82, 2.24) is 14.5 Å². The molecule has 0 radical (unpaired) electrons. The molecule has 1 aromatic heterocycles. The van der Waals surface area contributed by atoms with Gasteiger partial charge in [0.05, 0.1) is 35.0 Å². The van der Waals surface area contributed by atoms with Gasteiger partial charge in [-0.2, -0.15) is 9.40 Å². The lowest BCUT2D eigenvalue weighted by Gasteiger charge is -2.35. The molecule has 2 aromatic rings. The molecular formula is C18H21ClFN5O3S. The van der Waals surface area contributed by atoms with Crippen LogP contribution in [0.25, 0.3) is 0 Å². The first-order valence-corrected chi connectivity index (χ1v) is 11.1. The summed E-state index contributed by atoms with van der Waals surface area (Å²) in [6.07, 6.45) is 1.69. The van der Waals surface area contributed by atoms with Crippen molar-refractivity contribution in [2.45, 2.75) is 4.90 Å². The second-order valence-corrected chi connectivity index (χ2v) is 9.18. The Kier molecular flexibility index (Phi) is 5.86. The van der Waals surface area contributed by atoms with E-state index in [1.54, 1.807) is 6.20 Å². The smallest absolute Gasteiger partial charge is 0.243 e. The number of hydrogen-bond acceptors (Lipinski definition) is 7. The van der Waals surface area contributed by atoms with E-state index < -0.39 is 15.8 Å². The first-order valence-electron chi connectivity index (χ1n) is 9.31. The largest absolute Gasteiger partial charge is 0.378 e. The molecule has 3 heterocycles. The highest BCUT2D eigenvalue weighted by molar-refractivity contribution is 7.89. The second kappa shape index (κ2) is 8.39. The molecule has 2 aliphatic rings. The highest BCUT2D eigenvalue weighted by atomic mass is 35.5. The minimum absolute atomic E-state index is 0.00229. The van der Waals surface area contributed by atoms with Crippen molar-refractivity contribution in [3.05, 3.63) is 41.3 Å². The molecule has 0 saturated carbocycles. The van der Waals surface area contributed by atoms with Crippen LogP contribution in [0.1, 0.15) is 0 Å². The molecule has 0 spiro atoms. The maximum atomic E-state index is 13.4. The van der Waals surface area contributed by atoms with Crippen molar-refractivity contribution in [3.8, 4) is 0 Å². The lowest BCUT2D eigenvalue weighted by molar-refractivity contribution is 0.122. The van der Waals surface area contributed by atoms with Gasteiger partial charge in [0, 0.05) is 45.3 Å². The lowest BCUT2D eigenvalue weighted by Crippen LogP contribution is -2.48. The molecule has 11 heteroatoms. The van der Waals surface area contributed by atoms with E-state index >= 15 is 0 Å². The Labute approximate surface area is 173 Å². The highest BCUT2D eigenvalue weighted by Gasteiger charge is 2.29. The Bertz CT molecular complexity index is 979. The van der Waals surface area contributed by atoms with Gasteiger partial charge in [-0.15, -0.1) is 5.10 Å². The van der Waals surface area contributed by atoms with Gasteiger partial charge in [-0.05, 0) is 18.2 Å². The minimum atomic E-state index is -3.73. The number of hydrogen-bond donors (Lipinski definition) is 0. The Morgan fingerprint density at radius 3 is 2.41 bits per heavy atom. The summed E-state index contributed by atoms with van der Waals surface area (Å²) >= 11 is 5.75. The summed E-state index contributed by atoms with van der Waals surface area (Å²) in [5.41, 5.74) is 0.906. The predicted molar refractivity (Wildman–Crippen MR) is 107 cm³/mol. The third-order valence-electron chi connectivity index (χ3n) is 5.09. The average Bonchev–Trinajstić information content (AvgIpc) is 2.76. The predicted octanol–water partition coefficient (Wildman–Crippen LogP) is 1.62. The van der Waals surface area contributed by atoms with E-state index in [-0.39, 0.29) is 9.92 Å². The monoisotopic (exact) mass is 441 g/mol. The molecule has 1 aromatic carbocycles. The van der Waals surface area contributed by atoms with Gasteiger partial charge in [0.25, 0.3) is 0 Å². The zero-order valence-corrected chi connectivity index (χ0v) is 17.2. The fourth-order valence-corrected chi connectivity index (χ4v) is 5.13. The maximum Gasteiger partial charge on any atom is 0.243 e. The minimum Gasteiger partial charge on any atom is -0.378 e. The Hall–Kier alpha value is -2.01. The molecule has 0 atom stereocenters. The van der Waals surface area contributed by atoms with Gasteiger partial charge in [0.2, 0.25) is 10.0 Å². The van der Waals surface area contributed by atoms with Crippen LogP contribution in [-0.4, -0.2) is 75.4 Å². The molecule has 0 aliphatic carbocycles. The van der Waals surface area contributed by atoms with Crippen LogP contribution < -0.4 is 9.80 Å². The van der Waals surface area contributed by atoms with E-state index in [1.165, 1.54) is 10.4 Å². The van der Waals surface area contributed by atoms with Crippen molar-refractivity contribution in [1.29, 1.82) is 0 Å². The van der Waals surface area contributed by atoms with E-state index in [2.05, 4.69) is 20.0 Å². The zero-order chi connectivity index (χ0) is 20.4. The molecule has 0 N–H and O–H groups in total. The van der Waals surface area contributed by atoms with Gasteiger partial charge < -0.3 is 14.5 Å². The molecule has 0 unspecified atom stereocenters. The van der Waals surface area contributed by atoms with E-state index in [9.17, 15) is 12.8 Å². The number of nitrogens with zero attached hydrogens (tertiary/aromatic N) is 5. The summed E-state index contributed by atoms with van der Waals surface area (Å²) < 4.78 is 45.8. The summed E-state index contributed by atoms with van der Waals surface area (Å²) in [4.78, 5) is 4.21. The average molecular weight is 442 g/mol. The number of benzene rings is 1. The summed E-state index contributed by atoms with van der Waals surface area (Å²) in [5.74, 6) is 0.151. The Morgan fingerprint density at radius 2 is 1.72 bits per heavy atom. The second-order valence-electron chi connectivity index (χ2n) is 6.84. The molecule has 0 amide bonds. The zero-order valence-electron chi connectivity index (χ0n) is 15.7. The number of sulfonamides is 1. The van der Waals surface area contributed by atoms with Crippen LogP contribution >= 0.6 is 11.6 Å². The van der Waals surface area contributed by atoms with Crippen molar-refractivity contribution in [2.75, 3.05) is 62.3 Å². The Balaban J connectivity index is 1.44. The van der Waals surface area contributed by atoms with Crippen LogP contribution in [0, 0.1) is 5.82 Å². The number of aromatic nitrogens is 2. The van der Waals surface area contributed by atoms with Crippen LogP contribution in [0.2, 0.25) is 5.02 Å². The van der Waals surface area contributed by atoms with E-state index in [4.69, 9.17) is 16.3 Å². The number of ether oxygens (including phenoxy) is 1. The molecular weight excluding hydrogens is 421 g/mol. The van der Waals surface area contributed by atoms with Crippen molar-refractivity contribution < 1.29 is 17.5 Å². The number of halogens is 2. The summed E-state index contributed by atoms with van der Waals surface area (Å²) in [7, 11) is -3.73. The Morgan fingerprint density at radius 1 is 1.00 bits per heavy atom. The molecule has 4 rings (SSSR count). The molecule has 156 valence electrons. The van der Waals surface area contributed by atoms with E-state index in [1.807, 2.05) is 6.07 Å². The third-order valence-corrected chi connectivity index (χ3v) is 7.28. The van der Waals surface area contributed by atoms with Gasteiger partial charge >= 0.3 is 0 Å². The van der Waals surface area contributed by atoms with Crippen LogP contribution in [0.5, 0.6) is 0 Å². The molecule has 0 bridgehead atoms. The fraction of sp³-hybridized carbons (Fsp3) is 0.444. The summed E-state index contributed by atoms with van der Waals surface area (Å²) in [6.45, 7) is 4.52. The molecule has 2 fully saturated rings. The lowest BCUT2D eigenvalue weighted by atomic mass is 10.3. The van der Waals surface area contributed by atoms with Gasteiger partial charge in [0.1, 0.15) is 5.82 Å². The third kappa shape index (κ3) is 4.30. The molecule has 8 nitrogen and oxygen atoms in total. The van der Waals surface area contributed by atoms with Gasteiger partial charge in [-0.25, -0.2) is 12.8 Å². The molecule has 2 aliphatic heterocycles. The summed E-state index contributed by atoms with van der Waals surface area (Å²) in [6, 6.07) is 5.44. The van der Waals surface area contributed by atoms with Crippen LogP contribution in [-0.2, 0) is 14.8 Å². The first kappa shape index (κ1) is 20.3. The van der Waals surface area contributed by atoms with Crippen molar-refractivity contribution >= 4 is 33.1 Å². The quantitative estimate of drug-likeness (QED) is 0.713. The number of anilines is 2. The first-order chi connectivity index (χ1) is 13.9. The van der Waals surface area contributed by atoms with Crippen LogP contribution in [0.3, 0.4) is 0 Å².